The highest BCUT2D eigenvalue weighted by Gasteiger charge is 2.27. The predicted molar refractivity (Wildman–Crippen MR) is 123 cm³/mol. The van der Waals surface area contributed by atoms with Gasteiger partial charge in [-0.3, -0.25) is 14.4 Å². The first-order valence-electron chi connectivity index (χ1n) is 12.1. The molecule has 1 aromatic rings. The number of ketones is 1. The summed E-state index contributed by atoms with van der Waals surface area (Å²) in [6.45, 7) is 6.14. The third kappa shape index (κ3) is 7.16. The molecule has 2 aliphatic carbocycles. The van der Waals surface area contributed by atoms with Gasteiger partial charge < -0.3 is 14.8 Å². The van der Waals surface area contributed by atoms with E-state index in [1.165, 1.54) is 6.07 Å². The lowest BCUT2D eigenvalue weighted by Crippen LogP contribution is -2.39. The first kappa shape index (κ1) is 24.4. The number of nitrogens with one attached hydrogen (secondary N) is 1. The van der Waals surface area contributed by atoms with E-state index in [0.29, 0.717) is 5.56 Å². The summed E-state index contributed by atoms with van der Waals surface area (Å²) in [5, 5.41) is 3.18. The second-order valence-electron chi connectivity index (χ2n) is 10.2. The van der Waals surface area contributed by atoms with Crippen molar-refractivity contribution in [1.29, 1.82) is 0 Å². The van der Waals surface area contributed by atoms with Gasteiger partial charge in [-0.25, -0.2) is 0 Å². The zero-order chi connectivity index (χ0) is 23.1. The molecule has 1 N–H and O–H groups in total. The molecule has 0 atom stereocenters. The van der Waals surface area contributed by atoms with Crippen LogP contribution in [-0.2, 0) is 9.59 Å². The molecule has 6 nitrogen and oxygen atoms in total. The summed E-state index contributed by atoms with van der Waals surface area (Å²) < 4.78 is 11.4. The zero-order valence-electron chi connectivity index (χ0n) is 19.7. The van der Waals surface area contributed by atoms with Crippen LogP contribution in [0.4, 0.5) is 0 Å². The van der Waals surface area contributed by atoms with Crippen molar-refractivity contribution in [2.45, 2.75) is 90.5 Å². The molecule has 0 bridgehead atoms. The lowest BCUT2D eigenvalue weighted by atomic mass is 9.89. The first-order valence-corrected chi connectivity index (χ1v) is 12.1. The van der Waals surface area contributed by atoms with E-state index in [1.807, 2.05) is 20.8 Å². The third-order valence-electron chi connectivity index (χ3n) is 6.34. The molecule has 2 saturated carbocycles. The van der Waals surface area contributed by atoms with Crippen LogP contribution in [0, 0.1) is 11.8 Å². The second-order valence-corrected chi connectivity index (χ2v) is 10.2. The van der Waals surface area contributed by atoms with Crippen molar-refractivity contribution >= 4 is 17.7 Å². The maximum absolute atomic E-state index is 12.8. The van der Waals surface area contributed by atoms with E-state index in [4.69, 9.17) is 9.47 Å². The van der Waals surface area contributed by atoms with E-state index >= 15 is 0 Å². The van der Waals surface area contributed by atoms with Crippen LogP contribution in [0.1, 0.15) is 95.3 Å². The monoisotopic (exact) mass is 443 g/mol. The van der Waals surface area contributed by atoms with E-state index in [0.717, 1.165) is 64.2 Å². The molecular weight excluding hydrogens is 406 g/mol. The number of hydrogen-bond donors (Lipinski definition) is 1. The lowest BCUT2D eigenvalue weighted by molar-refractivity contribution is -0.142. The van der Waals surface area contributed by atoms with Crippen molar-refractivity contribution in [2.75, 3.05) is 6.54 Å². The van der Waals surface area contributed by atoms with Crippen molar-refractivity contribution in [3.63, 3.8) is 0 Å². The van der Waals surface area contributed by atoms with Crippen LogP contribution < -0.4 is 14.8 Å². The fourth-order valence-electron chi connectivity index (χ4n) is 4.35. The topological polar surface area (TPSA) is 81.7 Å². The number of carbonyl (C=O) groups is 3. The number of Topliss-reactive ketones (excluding diaryl/α,β-unsaturated/α-hetero) is 1. The third-order valence-corrected chi connectivity index (χ3v) is 6.34. The van der Waals surface area contributed by atoms with Crippen molar-refractivity contribution in [3.8, 4) is 11.5 Å². The molecule has 1 aromatic carbocycles. The Kier molecular flexibility index (Phi) is 8.46. The molecule has 176 valence electrons. The summed E-state index contributed by atoms with van der Waals surface area (Å²) in [4.78, 5) is 38.2. The van der Waals surface area contributed by atoms with E-state index in [1.54, 1.807) is 12.1 Å². The number of carbonyl (C=O) groups excluding carboxylic acids is 3. The smallest absolute Gasteiger partial charge is 0.314 e. The van der Waals surface area contributed by atoms with Crippen molar-refractivity contribution in [3.05, 3.63) is 23.8 Å². The zero-order valence-corrected chi connectivity index (χ0v) is 19.7. The first-order chi connectivity index (χ1) is 15.2. The molecule has 0 heterocycles. The van der Waals surface area contributed by atoms with Crippen LogP contribution in [0.5, 0.6) is 11.5 Å². The van der Waals surface area contributed by atoms with Gasteiger partial charge in [-0.05, 0) is 64.7 Å². The number of benzene rings is 1. The highest BCUT2D eigenvalue weighted by atomic mass is 16.6. The predicted octanol–water partition coefficient (Wildman–Crippen LogP) is 5.23. The minimum Gasteiger partial charge on any atom is -0.422 e. The molecule has 0 amide bonds. The van der Waals surface area contributed by atoms with Crippen LogP contribution in [0.2, 0.25) is 0 Å². The van der Waals surface area contributed by atoms with Gasteiger partial charge in [0.25, 0.3) is 0 Å². The van der Waals surface area contributed by atoms with Crippen LogP contribution in [0.3, 0.4) is 0 Å². The van der Waals surface area contributed by atoms with Gasteiger partial charge in [0.2, 0.25) is 0 Å². The Bertz CT molecular complexity index is 814. The second kappa shape index (κ2) is 11.1. The molecule has 2 aliphatic rings. The highest BCUT2D eigenvalue weighted by Crippen LogP contribution is 2.33. The minimum absolute atomic E-state index is 0.111. The quantitative estimate of drug-likeness (QED) is 0.353. The summed E-state index contributed by atoms with van der Waals surface area (Å²) in [6, 6.07) is 4.75. The Hall–Kier alpha value is -2.21. The Morgan fingerprint density at radius 2 is 1.31 bits per heavy atom. The Morgan fingerprint density at radius 1 is 0.812 bits per heavy atom. The fraction of sp³-hybridized carbons (Fsp3) is 0.654. The molecular formula is C26H37NO5. The Labute approximate surface area is 191 Å². The van der Waals surface area contributed by atoms with Gasteiger partial charge in [0.15, 0.2) is 17.3 Å². The maximum atomic E-state index is 12.8. The summed E-state index contributed by atoms with van der Waals surface area (Å²) in [5.41, 5.74) is 0.229. The van der Waals surface area contributed by atoms with Crippen LogP contribution >= 0.6 is 0 Å². The summed E-state index contributed by atoms with van der Waals surface area (Å²) in [6.07, 6.45) is 9.63. The van der Waals surface area contributed by atoms with Gasteiger partial charge in [-0.1, -0.05) is 38.5 Å². The maximum Gasteiger partial charge on any atom is 0.314 e. The lowest BCUT2D eigenvalue weighted by Gasteiger charge is -2.22. The highest BCUT2D eigenvalue weighted by molar-refractivity contribution is 5.98. The molecule has 0 saturated heterocycles. The number of hydrogen-bond acceptors (Lipinski definition) is 6. The molecule has 0 aliphatic heterocycles. The van der Waals surface area contributed by atoms with E-state index < -0.39 is 0 Å². The summed E-state index contributed by atoms with van der Waals surface area (Å²) in [7, 11) is 0. The number of ether oxygens (including phenoxy) is 2. The van der Waals surface area contributed by atoms with E-state index in [2.05, 4.69) is 5.32 Å². The minimum atomic E-state index is -0.308. The molecule has 0 aromatic heterocycles. The van der Waals surface area contributed by atoms with Crippen LogP contribution in [-0.4, -0.2) is 29.8 Å². The molecule has 0 radical (unpaired) electrons. The van der Waals surface area contributed by atoms with Gasteiger partial charge in [0.05, 0.1) is 18.4 Å². The summed E-state index contributed by atoms with van der Waals surface area (Å²) >= 11 is 0. The normalized spacial score (nSPS) is 18.2. The van der Waals surface area contributed by atoms with Crippen molar-refractivity contribution in [1.82, 2.24) is 5.32 Å². The van der Waals surface area contributed by atoms with Crippen LogP contribution in [0.25, 0.3) is 0 Å². The molecule has 6 heteroatoms. The van der Waals surface area contributed by atoms with E-state index in [9.17, 15) is 14.4 Å². The SMILES string of the molecule is CC(C)(C)NCC(=O)c1ccc(OC(=O)C2CCCCC2)c(OC(=O)C2CCCCC2)c1. The van der Waals surface area contributed by atoms with Gasteiger partial charge in [0, 0.05) is 11.1 Å². The van der Waals surface area contributed by atoms with Gasteiger partial charge >= 0.3 is 11.9 Å². The van der Waals surface area contributed by atoms with Gasteiger partial charge in [-0.15, -0.1) is 0 Å². The molecule has 3 rings (SSSR count). The van der Waals surface area contributed by atoms with Crippen LogP contribution in [0.15, 0.2) is 18.2 Å². The number of esters is 2. The van der Waals surface area contributed by atoms with Gasteiger partial charge in [0.1, 0.15) is 0 Å². The standard InChI is InChI=1S/C26H37NO5/c1-26(2,3)27-17-21(28)20-14-15-22(31-24(29)18-10-6-4-7-11-18)23(16-20)32-25(30)19-12-8-5-9-13-19/h14-16,18-19,27H,4-13,17H2,1-3H3. The average Bonchev–Trinajstić information content (AvgIpc) is 2.79. The Balaban J connectivity index is 1.78. The van der Waals surface area contributed by atoms with Gasteiger partial charge in [-0.2, -0.15) is 0 Å². The largest absolute Gasteiger partial charge is 0.422 e. The van der Waals surface area contributed by atoms with Crippen molar-refractivity contribution in [2.24, 2.45) is 11.8 Å². The van der Waals surface area contributed by atoms with Crippen molar-refractivity contribution < 1.29 is 23.9 Å². The Morgan fingerprint density at radius 3 is 1.81 bits per heavy atom. The molecule has 32 heavy (non-hydrogen) atoms. The number of rotatable bonds is 7. The molecule has 0 unspecified atom stereocenters. The van der Waals surface area contributed by atoms with E-state index in [-0.39, 0.29) is 53.1 Å². The fourth-order valence-corrected chi connectivity index (χ4v) is 4.35. The molecule has 2 fully saturated rings. The average molecular weight is 444 g/mol. The molecule has 0 spiro atoms. The summed E-state index contributed by atoms with van der Waals surface area (Å²) in [5.74, 6) is -0.600.